The van der Waals surface area contributed by atoms with Gasteiger partial charge >= 0.3 is 6.36 Å². The van der Waals surface area contributed by atoms with Gasteiger partial charge in [0.15, 0.2) is 0 Å². The molecule has 2 aromatic heterocycles. The Morgan fingerprint density at radius 1 is 1.16 bits per heavy atom. The molecule has 0 saturated carbocycles. The minimum absolute atomic E-state index is 0.117. The predicted molar refractivity (Wildman–Crippen MR) is 107 cm³/mol. The molecule has 0 bridgehead atoms. The molecule has 1 aliphatic rings. The standard InChI is InChI=1S/C20H15F3N6O2/c21-20(22,23)31-14-3-1-13(2-4-14)28-18-17-11(5-6-25-16(17)10-30)7-15(29-18)12-8-26-19(24)27-9-12/h1-10,16,25H,(H,28,29)(H2,24,26,27). The Bertz CT molecular complexity index is 1130. The first-order chi connectivity index (χ1) is 14.8. The van der Waals surface area contributed by atoms with E-state index in [-0.39, 0.29) is 11.7 Å². The molecule has 0 aliphatic carbocycles. The normalized spacial score (nSPS) is 15.0. The number of aldehydes is 1. The van der Waals surface area contributed by atoms with Crippen LogP contribution in [0.25, 0.3) is 17.3 Å². The number of alkyl halides is 3. The summed E-state index contributed by atoms with van der Waals surface area (Å²) in [5.74, 6) is 0.116. The molecule has 4 N–H and O–H groups in total. The molecule has 1 atom stereocenters. The summed E-state index contributed by atoms with van der Waals surface area (Å²) in [7, 11) is 0. The van der Waals surface area contributed by atoms with Crippen LogP contribution in [0.5, 0.6) is 5.75 Å². The smallest absolute Gasteiger partial charge is 0.406 e. The number of nitrogens with two attached hydrogens (primary N) is 1. The molecule has 0 saturated heterocycles. The Morgan fingerprint density at radius 3 is 2.52 bits per heavy atom. The number of carbonyl (C=O) groups excluding carboxylic acids is 1. The van der Waals surface area contributed by atoms with Gasteiger partial charge in [-0.05, 0) is 48.2 Å². The average molecular weight is 428 g/mol. The van der Waals surface area contributed by atoms with Crippen molar-refractivity contribution < 1.29 is 22.7 Å². The van der Waals surface area contributed by atoms with Gasteiger partial charge in [-0.3, -0.25) is 0 Å². The third-order valence-electron chi connectivity index (χ3n) is 4.39. The fraction of sp³-hybridized carbons (Fsp3) is 0.100. The maximum atomic E-state index is 12.4. The fourth-order valence-corrected chi connectivity index (χ4v) is 3.06. The van der Waals surface area contributed by atoms with Crippen LogP contribution in [0, 0.1) is 0 Å². The summed E-state index contributed by atoms with van der Waals surface area (Å²) >= 11 is 0. The second-order valence-corrected chi connectivity index (χ2v) is 6.50. The lowest BCUT2D eigenvalue weighted by Gasteiger charge is -2.23. The van der Waals surface area contributed by atoms with Gasteiger partial charge in [-0.1, -0.05) is 0 Å². The second kappa shape index (κ2) is 7.94. The molecule has 31 heavy (non-hydrogen) atoms. The molecule has 1 aromatic carbocycles. The summed E-state index contributed by atoms with van der Waals surface area (Å²) in [6, 6.07) is 6.31. The number of ether oxygens (including phenoxy) is 1. The van der Waals surface area contributed by atoms with Crippen molar-refractivity contribution >= 4 is 29.8 Å². The van der Waals surface area contributed by atoms with Crippen molar-refractivity contribution in [3.63, 3.8) is 0 Å². The topological polar surface area (TPSA) is 115 Å². The van der Waals surface area contributed by atoms with Crippen molar-refractivity contribution in [1.29, 1.82) is 0 Å². The summed E-state index contributed by atoms with van der Waals surface area (Å²) in [5.41, 5.74) is 8.44. The first kappa shape index (κ1) is 20.1. The molecule has 3 aromatic rings. The van der Waals surface area contributed by atoms with Crippen molar-refractivity contribution in [2.75, 3.05) is 11.1 Å². The Balaban J connectivity index is 1.73. The summed E-state index contributed by atoms with van der Waals surface area (Å²) in [4.78, 5) is 24.1. The van der Waals surface area contributed by atoms with Crippen molar-refractivity contribution in [3.05, 3.63) is 60.1 Å². The number of nitrogen functional groups attached to an aromatic ring is 1. The molecular formula is C20H15F3N6O2. The summed E-state index contributed by atoms with van der Waals surface area (Å²) in [6.07, 6.45) is 2.43. The molecule has 1 unspecified atom stereocenters. The van der Waals surface area contributed by atoms with E-state index in [1.165, 1.54) is 36.7 Å². The van der Waals surface area contributed by atoms with Gasteiger partial charge in [-0.2, -0.15) is 0 Å². The number of nitrogens with zero attached hydrogens (tertiary/aromatic N) is 3. The molecule has 0 spiro atoms. The summed E-state index contributed by atoms with van der Waals surface area (Å²) in [5, 5.41) is 6.00. The quantitative estimate of drug-likeness (QED) is 0.529. The van der Waals surface area contributed by atoms with E-state index < -0.39 is 12.4 Å². The van der Waals surface area contributed by atoms with Gasteiger partial charge in [-0.15, -0.1) is 13.2 Å². The van der Waals surface area contributed by atoms with Gasteiger partial charge in [0.25, 0.3) is 0 Å². The highest BCUT2D eigenvalue weighted by Gasteiger charge is 2.31. The third-order valence-corrected chi connectivity index (χ3v) is 4.39. The number of pyridine rings is 1. The molecule has 158 valence electrons. The Labute approximate surface area is 174 Å². The Morgan fingerprint density at radius 2 is 1.87 bits per heavy atom. The number of fused-ring (bicyclic) bond motifs is 1. The molecule has 8 nitrogen and oxygen atoms in total. The maximum Gasteiger partial charge on any atom is 0.573 e. The van der Waals surface area contributed by atoms with Crippen molar-refractivity contribution in [3.8, 4) is 17.0 Å². The van der Waals surface area contributed by atoms with Crippen LogP contribution < -0.4 is 21.1 Å². The second-order valence-electron chi connectivity index (χ2n) is 6.50. The first-order valence-electron chi connectivity index (χ1n) is 8.96. The van der Waals surface area contributed by atoms with Crippen molar-refractivity contribution in [2.24, 2.45) is 0 Å². The fourth-order valence-electron chi connectivity index (χ4n) is 3.06. The summed E-state index contributed by atoms with van der Waals surface area (Å²) in [6.45, 7) is 0. The maximum absolute atomic E-state index is 12.4. The number of aromatic nitrogens is 3. The van der Waals surface area contributed by atoms with Crippen LogP contribution in [0.15, 0.2) is 48.9 Å². The van der Waals surface area contributed by atoms with Gasteiger partial charge in [-0.25, -0.2) is 15.0 Å². The van der Waals surface area contributed by atoms with Gasteiger partial charge < -0.3 is 25.9 Å². The zero-order chi connectivity index (χ0) is 22.0. The number of anilines is 3. The highest BCUT2D eigenvalue weighted by molar-refractivity contribution is 5.79. The number of rotatable bonds is 5. The van der Waals surface area contributed by atoms with Crippen LogP contribution in [0.2, 0.25) is 0 Å². The highest BCUT2D eigenvalue weighted by Crippen LogP contribution is 2.34. The Hall–Kier alpha value is -4.15. The number of benzene rings is 1. The van der Waals surface area contributed by atoms with Crippen LogP contribution in [0.4, 0.5) is 30.6 Å². The molecule has 0 amide bonds. The molecule has 1 aliphatic heterocycles. The van der Waals surface area contributed by atoms with Gasteiger partial charge in [0, 0.05) is 29.2 Å². The van der Waals surface area contributed by atoms with Gasteiger partial charge in [0.05, 0.1) is 5.69 Å². The molecule has 4 rings (SSSR count). The number of halogens is 3. The molecule has 3 heterocycles. The molecular weight excluding hydrogens is 413 g/mol. The van der Waals surface area contributed by atoms with E-state index in [0.29, 0.717) is 28.3 Å². The zero-order valence-corrected chi connectivity index (χ0v) is 15.7. The van der Waals surface area contributed by atoms with Crippen molar-refractivity contribution in [2.45, 2.75) is 12.4 Å². The minimum Gasteiger partial charge on any atom is -0.406 e. The molecule has 11 heteroatoms. The van der Waals surface area contributed by atoms with Gasteiger partial charge in [0.1, 0.15) is 23.9 Å². The number of nitrogens with one attached hydrogen (secondary N) is 2. The number of hydrogen-bond acceptors (Lipinski definition) is 8. The predicted octanol–water partition coefficient (Wildman–Crippen LogP) is 3.58. The van der Waals surface area contributed by atoms with E-state index in [9.17, 15) is 18.0 Å². The lowest BCUT2D eigenvalue weighted by atomic mass is 9.97. The minimum atomic E-state index is -4.78. The number of hydrogen-bond donors (Lipinski definition) is 3. The van der Waals surface area contributed by atoms with Crippen LogP contribution in [-0.4, -0.2) is 27.6 Å². The largest absolute Gasteiger partial charge is 0.573 e. The van der Waals surface area contributed by atoms with Crippen LogP contribution >= 0.6 is 0 Å². The van der Waals surface area contributed by atoms with Crippen LogP contribution in [-0.2, 0) is 4.79 Å². The van der Waals surface area contributed by atoms with E-state index in [0.717, 1.165) is 11.8 Å². The highest BCUT2D eigenvalue weighted by atomic mass is 19.4. The van der Waals surface area contributed by atoms with Gasteiger partial charge in [0.2, 0.25) is 5.95 Å². The van der Waals surface area contributed by atoms with Crippen molar-refractivity contribution in [1.82, 2.24) is 20.3 Å². The molecule has 0 radical (unpaired) electrons. The van der Waals surface area contributed by atoms with E-state index in [4.69, 9.17) is 5.73 Å². The van der Waals surface area contributed by atoms with E-state index >= 15 is 0 Å². The van der Waals surface area contributed by atoms with Crippen LogP contribution in [0.1, 0.15) is 17.2 Å². The van der Waals surface area contributed by atoms with Crippen LogP contribution in [0.3, 0.4) is 0 Å². The SMILES string of the molecule is Nc1ncc(-c2cc3c(c(Nc4ccc(OC(F)(F)F)cc4)n2)C(C=O)NC=C3)cn1. The summed E-state index contributed by atoms with van der Waals surface area (Å²) < 4.78 is 41.0. The van der Waals surface area contributed by atoms with E-state index in [1.54, 1.807) is 18.3 Å². The van der Waals surface area contributed by atoms with E-state index in [1.807, 2.05) is 0 Å². The number of carbonyl (C=O) groups is 1. The first-order valence-corrected chi connectivity index (χ1v) is 8.96. The van der Waals surface area contributed by atoms with E-state index in [2.05, 4.69) is 30.3 Å². The Kier molecular flexibility index (Phi) is 5.15. The lowest BCUT2D eigenvalue weighted by molar-refractivity contribution is -0.274. The third kappa shape index (κ3) is 4.55. The molecule has 0 fully saturated rings. The average Bonchev–Trinajstić information content (AvgIpc) is 2.74. The lowest BCUT2D eigenvalue weighted by Crippen LogP contribution is -2.22. The monoisotopic (exact) mass is 428 g/mol. The zero-order valence-electron chi connectivity index (χ0n) is 15.7.